The number of carbonyl (C=O) groups is 1. The number of hydrogen-bond donors (Lipinski definition) is 5. The minimum absolute atomic E-state index is 0.0236. The highest BCUT2D eigenvalue weighted by Crippen LogP contribution is 2.22. The number of methoxy groups -OCH3 is 1. The van der Waals surface area contributed by atoms with Crippen molar-refractivity contribution in [1.29, 1.82) is 10.8 Å². The molecule has 0 saturated carbocycles. The number of carbonyl (C=O) groups excluding carboxylic acids is 1. The second-order valence-electron chi connectivity index (χ2n) is 7.63. The molecule has 1 aromatic heterocycles. The summed E-state index contributed by atoms with van der Waals surface area (Å²) in [7, 11) is 3.41. The van der Waals surface area contributed by atoms with E-state index >= 15 is 0 Å². The van der Waals surface area contributed by atoms with Crippen LogP contribution < -0.4 is 21.3 Å². The van der Waals surface area contributed by atoms with Gasteiger partial charge in [0.15, 0.2) is 11.5 Å². The monoisotopic (exact) mass is 470 g/mol. The normalized spacial score (nSPS) is 15.1. The molecule has 182 valence electrons. The highest BCUT2D eigenvalue weighted by atomic mass is 16.6. The van der Waals surface area contributed by atoms with Crippen LogP contribution in [0.2, 0.25) is 0 Å². The molecule has 1 fully saturated rings. The van der Waals surface area contributed by atoms with Crippen molar-refractivity contribution in [2.45, 2.75) is 19.1 Å². The van der Waals surface area contributed by atoms with E-state index in [-0.39, 0.29) is 29.4 Å². The Bertz CT molecular complexity index is 1010. The highest BCUT2D eigenvalue weighted by Gasteiger charge is 2.28. The lowest BCUT2D eigenvalue weighted by Crippen LogP contribution is -2.33. The Kier molecular flexibility index (Phi) is 8.71. The van der Waals surface area contributed by atoms with Crippen molar-refractivity contribution in [3.8, 4) is 0 Å². The molecule has 1 saturated heterocycles. The van der Waals surface area contributed by atoms with Gasteiger partial charge in [-0.1, -0.05) is 12.1 Å². The lowest BCUT2D eigenvalue weighted by Gasteiger charge is -2.18. The van der Waals surface area contributed by atoms with E-state index in [9.17, 15) is 4.79 Å². The lowest BCUT2D eigenvalue weighted by atomic mass is 10.1. The van der Waals surface area contributed by atoms with Crippen LogP contribution in [0.25, 0.3) is 0 Å². The van der Waals surface area contributed by atoms with Crippen molar-refractivity contribution in [3.05, 3.63) is 47.3 Å². The van der Waals surface area contributed by atoms with E-state index in [1.807, 2.05) is 24.1 Å². The number of nitrogens with one attached hydrogen (secondary N) is 4. The van der Waals surface area contributed by atoms with E-state index in [1.54, 1.807) is 19.2 Å². The first-order valence-corrected chi connectivity index (χ1v) is 10.8. The van der Waals surface area contributed by atoms with Gasteiger partial charge in [0.2, 0.25) is 11.8 Å². The van der Waals surface area contributed by atoms with E-state index in [2.05, 4.69) is 20.6 Å². The number of ether oxygens (including phenoxy) is 3. The molecular weight excluding hydrogens is 440 g/mol. The first-order valence-electron chi connectivity index (χ1n) is 10.8. The van der Waals surface area contributed by atoms with Gasteiger partial charge in [0, 0.05) is 38.7 Å². The van der Waals surface area contributed by atoms with Gasteiger partial charge >= 0.3 is 6.09 Å². The summed E-state index contributed by atoms with van der Waals surface area (Å²) < 4.78 is 15.7. The van der Waals surface area contributed by atoms with Crippen LogP contribution in [-0.4, -0.2) is 74.4 Å². The quantitative estimate of drug-likeness (QED) is 0.204. The molecule has 2 heterocycles. The van der Waals surface area contributed by atoms with Crippen molar-refractivity contribution >= 4 is 29.5 Å². The zero-order chi connectivity index (χ0) is 24.5. The molecule has 1 aromatic carbocycles. The molecule has 12 nitrogen and oxygen atoms in total. The summed E-state index contributed by atoms with van der Waals surface area (Å²) in [6, 6.07) is 7.27. The van der Waals surface area contributed by atoms with Gasteiger partial charge in [-0.25, -0.2) is 14.8 Å². The number of nitrogens with zero attached hydrogens (tertiary/aromatic N) is 3. The fraction of sp³-hybridized carbons (Fsp3) is 0.409. The summed E-state index contributed by atoms with van der Waals surface area (Å²) in [6.07, 6.45) is 1.32. The number of anilines is 2. The fourth-order valence-electron chi connectivity index (χ4n) is 3.38. The minimum atomic E-state index is -0.499. The van der Waals surface area contributed by atoms with Gasteiger partial charge in [0.1, 0.15) is 11.9 Å². The van der Waals surface area contributed by atoms with Gasteiger partial charge in [0.25, 0.3) is 0 Å². The second-order valence-corrected chi connectivity index (χ2v) is 7.63. The molecule has 6 N–H and O–H groups in total. The second kappa shape index (κ2) is 11.9. The Balaban J connectivity index is 1.60. The number of rotatable bonds is 9. The lowest BCUT2D eigenvalue weighted by molar-refractivity contribution is 0.104. The van der Waals surface area contributed by atoms with E-state index in [0.717, 1.165) is 5.56 Å². The molecule has 2 aromatic rings. The zero-order valence-corrected chi connectivity index (χ0v) is 19.3. The van der Waals surface area contributed by atoms with Gasteiger partial charge < -0.3 is 35.5 Å². The van der Waals surface area contributed by atoms with Crippen LogP contribution in [0.1, 0.15) is 23.2 Å². The molecular formula is C22H30N8O4. The number of hydrogen-bond acceptors (Lipinski definition) is 11. The largest absolute Gasteiger partial charge is 0.444 e. The molecule has 0 aliphatic carbocycles. The minimum Gasteiger partial charge on any atom is -0.444 e. The van der Waals surface area contributed by atoms with Crippen LogP contribution in [0.3, 0.4) is 0 Å². The Morgan fingerprint density at radius 2 is 2.03 bits per heavy atom. The zero-order valence-electron chi connectivity index (χ0n) is 19.3. The third-order valence-electron chi connectivity index (χ3n) is 5.12. The van der Waals surface area contributed by atoms with E-state index in [0.29, 0.717) is 50.6 Å². The van der Waals surface area contributed by atoms with Crippen LogP contribution in [0.15, 0.2) is 30.5 Å². The maximum Gasteiger partial charge on any atom is 0.407 e. The molecule has 3 rings (SSSR count). The SMILES string of the molecule is CNCc1ccc(C(=N)OC(=N)c2nc(N3CC[C@@H](OC(=O)NCCOC)C3)cnc2N)cc1. The molecule has 1 aliphatic heterocycles. The summed E-state index contributed by atoms with van der Waals surface area (Å²) in [5.41, 5.74) is 7.56. The summed E-state index contributed by atoms with van der Waals surface area (Å²) in [5, 5.41) is 22.1. The van der Waals surface area contributed by atoms with Gasteiger partial charge in [-0.15, -0.1) is 0 Å². The Morgan fingerprint density at radius 3 is 2.74 bits per heavy atom. The Hall–Kier alpha value is -3.77. The van der Waals surface area contributed by atoms with Gasteiger partial charge in [0.05, 0.1) is 19.3 Å². The predicted octanol–water partition coefficient (Wildman–Crippen LogP) is 1.10. The van der Waals surface area contributed by atoms with Crippen LogP contribution in [0.5, 0.6) is 0 Å². The molecule has 0 spiro atoms. The van der Waals surface area contributed by atoms with Gasteiger partial charge in [-0.05, 0) is 24.7 Å². The van der Waals surface area contributed by atoms with Crippen LogP contribution in [-0.2, 0) is 20.8 Å². The first kappa shape index (κ1) is 24.9. The molecule has 0 radical (unpaired) electrons. The summed E-state index contributed by atoms with van der Waals surface area (Å²) in [4.78, 5) is 22.3. The summed E-state index contributed by atoms with van der Waals surface area (Å²) >= 11 is 0. The average molecular weight is 471 g/mol. The van der Waals surface area contributed by atoms with Crippen molar-refractivity contribution in [2.75, 3.05) is 51.0 Å². The van der Waals surface area contributed by atoms with Crippen molar-refractivity contribution in [1.82, 2.24) is 20.6 Å². The Labute approximate surface area is 197 Å². The summed E-state index contributed by atoms with van der Waals surface area (Å²) in [6.45, 7) is 2.51. The number of benzene rings is 1. The molecule has 12 heteroatoms. The fourth-order valence-corrected chi connectivity index (χ4v) is 3.38. The van der Waals surface area contributed by atoms with Gasteiger partial charge in [-0.3, -0.25) is 10.8 Å². The van der Waals surface area contributed by atoms with Crippen molar-refractivity contribution < 1.29 is 19.0 Å². The summed E-state index contributed by atoms with van der Waals surface area (Å²) in [5.74, 6) is -0.0655. The molecule has 34 heavy (non-hydrogen) atoms. The standard InChI is InChI=1S/C22H30N8O4/c1-26-11-14-3-5-15(6-4-14)20(24)34-21(25)18-19(23)28-12-17(29-18)30-9-7-16(13-30)33-22(31)27-8-10-32-2/h3-6,12,16,24-26H,7-11,13H2,1-2H3,(H2,23,28)(H,27,31)/t16-/m1/s1. The number of nitrogen functional groups attached to an aromatic ring is 1. The predicted molar refractivity (Wildman–Crippen MR) is 127 cm³/mol. The van der Waals surface area contributed by atoms with E-state index in [4.69, 9.17) is 30.8 Å². The van der Waals surface area contributed by atoms with Crippen molar-refractivity contribution in [3.63, 3.8) is 0 Å². The van der Waals surface area contributed by atoms with E-state index in [1.165, 1.54) is 6.20 Å². The molecule has 0 unspecified atom stereocenters. The number of nitrogens with two attached hydrogens (primary N) is 1. The van der Waals surface area contributed by atoms with E-state index < -0.39 is 6.09 Å². The van der Waals surface area contributed by atoms with Crippen molar-refractivity contribution in [2.24, 2.45) is 0 Å². The first-order chi connectivity index (χ1) is 16.4. The Morgan fingerprint density at radius 1 is 1.26 bits per heavy atom. The van der Waals surface area contributed by atoms with Crippen LogP contribution in [0, 0.1) is 10.8 Å². The topological polar surface area (TPSA) is 172 Å². The maximum atomic E-state index is 11.9. The smallest absolute Gasteiger partial charge is 0.407 e. The average Bonchev–Trinajstić information content (AvgIpc) is 3.28. The third-order valence-corrected chi connectivity index (χ3v) is 5.12. The maximum absolute atomic E-state index is 11.9. The number of aromatic nitrogens is 2. The van der Waals surface area contributed by atoms with Crippen LogP contribution in [0.4, 0.5) is 16.4 Å². The number of alkyl carbamates (subject to hydrolysis) is 1. The molecule has 1 aliphatic rings. The highest BCUT2D eigenvalue weighted by molar-refractivity contribution is 6.05. The van der Waals surface area contributed by atoms with Crippen LogP contribution >= 0.6 is 0 Å². The van der Waals surface area contributed by atoms with Gasteiger partial charge in [-0.2, -0.15) is 0 Å². The third kappa shape index (κ3) is 6.62. The number of amides is 1. The molecule has 1 atom stereocenters. The molecule has 1 amide bonds. The molecule has 0 bridgehead atoms.